The van der Waals surface area contributed by atoms with Crippen LogP contribution in [0, 0.1) is 0 Å². The van der Waals surface area contributed by atoms with Gasteiger partial charge in [0, 0.05) is 12.3 Å². The SMILES string of the molecule is CCCSc1ncc(CO)n1Cc1ccc(OCc2ccccc2)cc1. The maximum atomic E-state index is 9.57. The van der Waals surface area contributed by atoms with Crippen LogP contribution in [0.2, 0.25) is 0 Å². The van der Waals surface area contributed by atoms with Crippen molar-refractivity contribution in [2.45, 2.75) is 38.3 Å². The summed E-state index contributed by atoms with van der Waals surface area (Å²) in [4.78, 5) is 4.44. The maximum Gasteiger partial charge on any atom is 0.168 e. The number of aromatic nitrogens is 2. The molecule has 26 heavy (non-hydrogen) atoms. The predicted octanol–water partition coefficient (Wildman–Crippen LogP) is 4.50. The fraction of sp³-hybridized carbons (Fsp3) is 0.286. The Bertz CT molecular complexity index is 801. The van der Waals surface area contributed by atoms with E-state index in [2.05, 4.69) is 40.7 Å². The third kappa shape index (κ3) is 4.90. The van der Waals surface area contributed by atoms with Gasteiger partial charge in [-0.3, -0.25) is 0 Å². The molecule has 0 bridgehead atoms. The van der Waals surface area contributed by atoms with E-state index in [0.717, 1.165) is 39.9 Å². The van der Waals surface area contributed by atoms with Crippen LogP contribution >= 0.6 is 11.8 Å². The van der Waals surface area contributed by atoms with Crippen LogP contribution in [-0.2, 0) is 19.8 Å². The monoisotopic (exact) mass is 368 g/mol. The van der Waals surface area contributed by atoms with Crippen molar-refractivity contribution in [3.05, 3.63) is 77.6 Å². The molecule has 0 unspecified atom stereocenters. The number of rotatable bonds is 9. The van der Waals surface area contributed by atoms with E-state index < -0.39 is 0 Å². The van der Waals surface area contributed by atoms with Gasteiger partial charge in [-0.2, -0.15) is 0 Å². The Morgan fingerprint density at radius 2 is 1.81 bits per heavy atom. The molecule has 0 spiro atoms. The van der Waals surface area contributed by atoms with Gasteiger partial charge in [-0.25, -0.2) is 4.98 Å². The summed E-state index contributed by atoms with van der Waals surface area (Å²) >= 11 is 1.73. The van der Waals surface area contributed by atoms with Crippen molar-refractivity contribution in [2.24, 2.45) is 0 Å². The van der Waals surface area contributed by atoms with Gasteiger partial charge in [-0.05, 0) is 29.7 Å². The molecule has 136 valence electrons. The number of aliphatic hydroxyl groups is 1. The maximum absolute atomic E-state index is 9.57. The van der Waals surface area contributed by atoms with Gasteiger partial charge in [0.1, 0.15) is 12.4 Å². The van der Waals surface area contributed by atoms with Gasteiger partial charge in [0.2, 0.25) is 0 Å². The van der Waals surface area contributed by atoms with Crippen LogP contribution < -0.4 is 4.74 Å². The van der Waals surface area contributed by atoms with Crippen molar-refractivity contribution in [1.82, 2.24) is 9.55 Å². The Balaban J connectivity index is 1.65. The Hall–Kier alpha value is -2.24. The van der Waals surface area contributed by atoms with E-state index in [1.54, 1.807) is 18.0 Å². The highest BCUT2D eigenvalue weighted by Crippen LogP contribution is 2.22. The van der Waals surface area contributed by atoms with Gasteiger partial charge in [-0.1, -0.05) is 61.2 Å². The summed E-state index contributed by atoms with van der Waals surface area (Å²) in [5.41, 5.74) is 3.15. The Morgan fingerprint density at radius 1 is 1.04 bits per heavy atom. The molecule has 0 amide bonds. The minimum atomic E-state index is -0.00203. The number of hydrogen-bond donors (Lipinski definition) is 1. The van der Waals surface area contributed by atoms with Gasteiger partial charge < -0.3 is 14.4 Å². The fourth-order valence-corrected chi connectivity index (χ4v) is 3.46. The first-order chi connectivity index (χ1) is 12.8. The fourth-order valence-electron chi connectivity index (χ4n) is 2.61. The van der Waals surface area contributed by atoms with Crippen molar-refractivity contribution >= 4 is 11.8 Å². The summed E-state index contributed by atoms with van der Waals surface area (Å²) in [6.45, 7) is 3.41. The second kappa shape index (κ2) is 9.46. The second-order valence-electron chi connectivity index (χ2n) is 6.04. The third-order valence-corrected chi connectivity index (χ3v) is 5.21. The van der Waals surface area contributed by atoms with E-state index >= 15 is 0 Å². The van der Waals surface area contributed by atoms with E-state index in [4.69, 9.17) is 4.74 Å². The van der Waals surface area contributed by atoms with Crippen molar-refractivity contribution in [3.63, 3.8) is 0 Å². The molecule has 3 rings (SSSR count). The van der Waals surface area contributed by atoms with Gasteiger partial charge in [0.25, 0.3) is 0 Å². The first kappa shape index (κ1) is 18.5. The molecule has 1 aromatic heterocycles. The summed E-state index contributed by atoms with van der Waals surface area (Å²) in [5.74, 6) is 1.87. The second-order valence-corrected chi connectivity index (χ2v) is 7.11. The molecule has 5 heteroatoms. The number of imidazole rings is 1. The molecule has 0 aliphatic heterocycles. The summed E-state index contributed by atoms with van der Waals surface area (Å²) in [5, 5.41) is 10.5. The van der Waals surface area contributed by atoms with E-state index in [0.29, 0.717) is 13.2 Å². The lowest BCUT2D eigenvalue weighted by molar-refractivity contribution is 0.270. The lowest BCUT2D eigenvalue weighted by Gasteiger charge is -2.12. The van der Waals surface area contributed by atoms with Crippen molar-refractivity contribution < 1.29 is 9.84 Å². The lowest BCUT2D eigenvalue weighted by atomic mass is 10.2. The molecule has 0 aliphatic rings. The average Bonchev–Trinajstić information content (AvgIpc) is 3.08. The Labute approximate surface area is 158 Å². The summed E-state index contributed by atoms with van der Waals surface area (Å²) in [6, 6.07) is 18.3. The molecular formula is C21H24N2O2S. The molecule has 0 fully saturated rings. The van der Waals surface area contributed by atoms with E-state index in [1.165, 1.54) is 0 Å². The zero-order valence-electron chi connectivity index (χ0n) is 15.0. The molecular weight excluding hydrogens is 344 g/mol. The highest BCUT2D eigenvalue weighted by atomic mass is 32.2. The standard InChI is InChI=1S/C21H24N2O2S/c1-2-12-26-21-22-13-19(15-24)23(21)14-17-8-10-20(11-9-17)25-16-18-6-4-3-5-7-18/h3-11,13,24H,2,12,14-16H2,1H3. The largest absolute Gasteiger partial charge is 0.489 e. The minimum absolute atomic E-state index is 0.00203. The Morgan fingerprint density at radius 3 is 2.50 bits per heavy atom. The molecule has 0 saturated carbocycles. The summed E-state index contributed by atoms with van der Waals surface area (Å²) in [7, 11) is 0. The lowest BCUT2D eigenvalue weighted by Crippen LogP contribution is -2.06. The van der Waals surface area contributed by atoms with Crippen LogP contribution in [0.4, 0.5) is 0 Å². The molecule has 0 atom stereocenters. The first-order valence-electron chi connectivity index (χ1n) is 8.84. The van der Waals surface area contributed by atoms with Gasteiger partial charge in [-0.15, -0.1) is 0 Å². The number of benzene rings is 2. The van der Waals surface area contributed by atoms with Crippen molar-refractivity contribution in [3.8, 4) is 5.75 Å². The smallest absolute Gasteiger partial charge is 0.168 e. The first-order valence-corrected chi connectivity index (χ1v) is 9.82. The van der Waals surface area contributed by atoms with Crippen LogP contribution in [0.1, 0.15) is 30.2 Å². The van der Waals surface area contributed by atoms with E-state index in [-0.39, 0.29) is 6.61 Å². The van der Waals surface area contributed by atoms with Crippen LogP contribution in [-0.4, -0.2) is 20.4 Å². The van der Waals surface area contributed by atoms with Gasteiger partial charge in [0.15, 0.2) is 5.16 Å². The van der Waals surface area contributed by atoms with Crippen LogP contribution in [0.15, 0.2) is 66.0 Å². The van der Waals surface area contributed by atoms with Crippen molar-refractivity contribution in [1.29, 1.82) is 0 Å². The van der Waals surface area contributed by atoms with E-state index in [1.807, 2.05) is 30.3 Å². The highest BCUT2D eigenvalue weighted by Gasteiger charge is 2.10. The predicted molar refractivity (Wildman–Crippen MR) is 105 cm³/mol. The van der Waals surface area contributed by atoms with E-state index in [9.17, 15) is 5.11 Å². The zero-order chi connectivity index (χ0) is 18.2. The quantitative estimate of drug-likeness (QED) is 0.565. The van der Waals surface area contributed by atoms with Gasteiger partial charge in [0.05, 0.1) is 18.5 Å². The number of nitrogens with zero attached hydrogens (tertiary/aromatic N) is 2. The molecule has 1 N–H and O–H groups in total. The summed E-state index contributed by atoms with van der Waals surface area (Å²) < 4.78 is 7.92. The number of ether oxygens (including phenoxy) is 1. The average molecular weight is 369 g/mol. The third-order valence-electron chi connectivity index (χ3n) is 4.01. The van der Waals surface area contributed by atoms with Crippen molar-refractivity contribution in [2.75, 3.05) is 5.75 Å². The Kier molecular flexibility index (Phi) is 6.75. The normalized spacial score (nSPS) is 10.8. The van der Waals surface area contributed by atoms with Crippen LogP contribution in [0.3, 0.4) is 0 Å². The molecule has 1 heterocycles. The van der Waals surface area contributed by atoms with Crippen LogP contribution in [0.25, 0.3) is 0 Å². The number of thioether (sulfide) groups is 1. The number of hydrogen-bond acceptors (Lipinski definition) is 4. The summed E-state index contributed by atoms with van der Waals surface area (Å²) in [6.07, 6.45) is 2.86. The minimum Gasteiger partial charge on any atom is -0.489 e. The molecule has 0 radical (unpaired) electrons. The highest BCUT2D eigenvalue weighted by molar-refractivity contribution is 7.99. The van der Waals surface area contributed by atoms with Gasteiger partial charge >= 0.3 is 0 Å². The number of aliphatic hydroxyl groups excluding tert-OH is 1. The molecule has 3 aromatic rings. The molecule has 0 saturated heterocycles. The molecule has 4 nitrogen and oxygen atoms in total. The molecule has 0 aliphatic carbocycles. The topological polar surface area (TPSA) is 47.3 Å². The van der Waals surface area contributed by atoms with Crippen LogP contribution in [0.5, 0.6) is 5.75 Å². The zero-order valence-corrected chi connectivity index (χ0v) is 15.8. The molecule has 2 aromatic carbocycles.